The van der Waals surface area contributed by atoms with E-state index in [0.717, 1.165) is 38.8 Å². The third-order valence-corrected chi connectivity index (χ3v) is 4.11. The Kier molecular flexibility index (Phi) is 2.77. The molecule has 1 aliphatic heterocycles. The zero-order valence-corrected chi connectivity index (χ0v) is 8.72. The van der Waals surface area contributed by atoms with Gasteiger partial charge in [-0.1, -0.05) is 12.8 Å². The Morgan fingerprint density at radius 2 is 1.79 bits per heavy atom. The lowest BCUT2D eigenvalue weighted by Crippen LogP contribution is -2.45. The van der Waals surface area contributed by atoms with Crippen molar-refractivity contribution >= 4 is 5.91 Å². The molecule has 2 aliphatic rings. The van der Waals surface area contributed by atoms with Gasteiger partial charge >= 0.3 is 0 Å². The van der Waals surface area contributed by atoms with Crippen molar-refractivity contribution in [3.8, 4) is 0 Å². The molecule has 1 amide bonds. The van der Waals surface area contributed by atoms with Crippen molar-refractivity contribution in [2.24, 2.45) is 17.1 Å². The summed E-state index contributed by atoms with van der Waals surface area (Å²) in [6.07, 6.45) is 6.70. The number of piperidine rings is 1. The highest BCUT2D eigenvalue weighted by Gasteiger charge is 2.45. The van der Waals surface area contributed by atoms with Crippen LogP contribution in [0, 0.1) is 11.3 Å². The molecule has 80 valence electrons. The van der Waals surface area contributed by atoms with Gasteiger partial charge in [0.2, 0.25) is 5.91 Å². The van der Waals surface area contributed by atoms with Crippen molar-refractivity contribution in [3.05, 3.63) is 0 Å². The number of carbonyl (C=O) groups is 1. The van der Waals surface area contributed by atoms with E-state index in [2.05, 4.69) is 5.32 Å². The van der Waals surface area contributed by atoms with Gasteiger partial charge in [-0.15, -0.1) is 0 Å². The summed E-state index contributed by atoms with van der Waals surface area (Å²) in [5.74, 6) is 0.505. The first-order chi connectivity index (χ1) is 6.76. The Balaban J connectivity index is 2.12. The Hall–Kier alpha value is -0.570. The van der Waals surface area contributed by atoms with E-state index in [9.17, 15) is 4.79 Å². The molecule has 1 saturated carbocycles. The number of hydrogen-bond donors (Lipinski definition) is 2. The average molecular weight is 196 g/mol. The topological polar surface area (TPSA) is 55.1 Å². The van der Waals surface area contributed by atoms with Gasteiger partial charge in [0.1, 0.15) is 0 Å². The second-order valence-electron chi connectivity index (χ2n) is 4.75. The number of carbonyl (C=O) groups excluding carboxylic acids is 1. The third kappa shape index (κ3) is 1.54. The van der Waals surface area contributed by atoms with E-state index in [0.29, 0.717) is 5.92 Å². The van der Waals surface area contributed by atoms with Crippen molar-refractivity contribution in [2.45, 2.75) is 38.5 Å². The Morgan fingerprint density at radius 3 is 2.29 bits per heavy atom. The van der Waals surface area contributed by atoms with Crippen LogP contribution in [0.25, 0.3) is 0 Å². The lowest BCUT2D eigenvalue weighted by atomic mass is 9.69. The maximum Gasteiger partial charge on any atom is 0.223 e. The molecule has 3 N–H and O–H groups in total. The Bertz CT molecular complexity index is 215. The standard InChI is InChI=1S/C11H20N2O/c12-10(14)11(5-1-2-6-11)9-3-7-13-8-4-9/h9,13H,1-8H2,(H2,12,14). The molecule has 0 unspecified atom stereocenters. The fraction of sp³-hybridized carbons (Fsp3) is 0.909. The SMILES string of the molecule is NC(=O)C1(C2CCNCC2)CCCC1. The van der Waals surface area contributed by atoms with Crippen molar-refractivity contribution in [1.29, 1.82) is 0 Å². The van der Waals surface area contributed by atoms with Crippen LogP contribution in [0.5, 0.6) is 0 Å². The first-order valence-electron chi connectivity index (χ1n) is 5.76. The van der Waals surface area contributed by atoms with Gasteiger partial charge < -0.3 is 11.1 Å². The van der Waals surface area contributed by atoms with Crippen molar-refractivity contribution in [3.63, 3.8) is 0 Å². The van der Waals surface area contributed by atoms with E-state index in [1.165, 1.54) is 12.8 Å². The smallest absolute Gasteiger partial charge is 0.223 e. The predicted molar refractivity (Wildman–Crippen MR) is 55.7 cm³/mol. The minimum atomic E-state index is -0.137. The van der Waals surface area contributed by atoms with Crippen LogP contribution in [0.4, 0.5) is 0 Å². The highest BCUT2D eigenvalue weighted by molar-refractivity contribution is 5.81. The average Bonchev–Trinajstić information content (AvgIpc) is 2.69. The molecule has 0 bridgehead atoms. The normalized spacial score (nSPS) is 27.7. The maximum absolute atomic E-state index is 11.6. The molecule has 1 heterocycles. The molecular formula is C11H20N2O. The van der Waals surface area contributed by atoms with Gasteiger partial charge in [-0.05, 0) is 44.7 Å². The van der Waals surface area contributed by atoms with Crippen LogP contribution in [-0.4, -0.2) is 19.0 Å². The van der Waals surface area contributed by atoms with Crippen LogP contribution >= 0.6 is 0 Å². The van der Waals surface area contributed by atoms with E-state index < -0.39 is 0 Å². The summed E-state index contributed by atoms with van der Waals surface area (Å²) in [5.41, 5.74) is 5.47. The minimum Gasteiger partial charge on any atom is -0.369 e. The summed E-state index contributed by atoms with van der Waals surface area (Å²) in [4.78, 5) is 11.6. The van der Waals surface area contributed by atoms with Gasteiger partial charge in [0.05, 0.1) is 5.41 Å². The molecule has 0 aromatic heterocycles. The van der Waals surface area contributed by atoms with Crippen molar-refractivity contribution in [1.82, 2.24) is 5.32 Å². The monoisotopic (exact) mass is 196 g/mol. The summed E-state index contributed by atoms with van der Waals surface area (Å²) in [6, 6.07) is 0. The first kappa shape index (κ1) is 9.97. The molecule has 14 heavy (non-hydrogen) atoms. The molecule has 0 aromatic rings. The van der Waals surface area contributed by atoms with Gasteiger partial charge in [0.25, 0.3) is 0 Å². The fourth-order valence-electron chi connectivity index (χ4n) is 3.24. The third-order valence-electron chi connectivity index (χ3n) is 4.11. The number of rotatable bonds is 2. The molecule has 0 aromatic carbocycles. The number of primary amides is 1. The number of hydrogen-bond acceptors (Lipinski definition) is 2. The summed E-state index contributed by atoms with van der Waals surface area (Å²) in [5, 5.41) is 3.34. The first-order valence-corrected chi connectivity index (χ1v) is 5.76. The van der Waals surface area contributed by atoms with Crippen LogP contribution in [0.2, 0.25) is 0 Å². The fourth-order valence-corrected chi connectivity index (χ4v) is 3.24. The number of nitrogens with two attached hydrogens (primary N) is 1. The molecule has 2 rings (SSSR count). The molecule has 0 atom stereocenters. The molecule has 3 nitrogen and oxygen atoms in total. The molecule has 0 radical (unpaired) electrons. The van der Waals surface area contributed by atoms with Gasteiger partial charge in [-0.3, -0.25) is 4.79 Å². The molecule has 1 saturated heterocycles. The largest absolute Gasteiger partial charge is 0.369 e. The lowest BCUT2D eigenvalue weighted by molar-refractivity contribution is -0.131. The molecule has 2 fully saturated rings. The second-order valence-corrected chi connectivity index (χ2v) is 4.75. The molecule has 1 aliphatic carbocycles. The second kappa shape index (κ2) is 3.89. The molecular weight excluding hydrogens is 176 g/mol. The maximum atomic E-state index is 11.6. The summed E-state index contributed by atoms with van der Waals surface area (Å²) in [7, 11) is 0. The van der Waals surface area contributed by atoms with E-state index in [4.69, 9.17) is 5.73 Å². The van der Waals surface area contributed by atoms with Crippen LogP contribution in [0.3, 0.4) is 0 Å². The highest BCUT2D eigenvalue weighted by atomic mass is 16.1. The summed E-state index contributed by atoms with van der Waals surface area (Å²) in [6.45, 7) is 2.11. The van der Waals surface area contributed by atoms with Gasteiger partial charge in [-0.2, -0.15) is 0 Å². The van der Waals surface area contributed by atoms with Crippen molar-refractivity contribution in [2.75, 3.05) is 13.1 Å². The predicted octanol–water partition coefficient (Wildman–Crippen LogP) is 1.03. The quantitative estimate of drug-likeness (QED) is 0.693. The van der Waals surface area contributed by atoms with Crippen LogP contribution in [0.15, 0.2) is 0 Å². The van der Waals surface area contributed by atoms with Gasteiger partial charge in [0, 0.05) is 0 Å². The van der Waals surface area contributed by atoms with Crippen LogP contribution in [0.1, 0.15) is 38.5 Å². The van der Waals surface area contributed by atoms with Crippen molar-refractivity contribution < 1.29 is 4.79 Å². The summed E-state index contributed by atoms with van der Waals surface area (Å²) >= 11 is 0. The lowest BCUT2D eigenvalue weighted by Gasteiger charge is -2.37. The Labute approximate surface area is 85.4 Å². The Morgan fingerprint density at radius 1 is 1.21 bits per heavy atom. The van der Waals surface area contributed by atoms with Gasteiger partial charge in [0.15, 0.2) is 0 Å². The zero-order valence-electron chi connectivity index (χ0n) is 8.72. The van der Waals surface area contributed by atoms with E-state index >= 15 is 0 Å². The van der Waals surface area contributed by atoms with Gasteiger partial charge in [-0.25, -0.2) is 0 Å². The van der Waals surface area contributed by atoms with E-state index in [1.54, 1.807) is 0 Å². The molecule has 0 spiro atoms. The number of nitrogens with one attached hydrogen (secondary N) is 1. The summed E-state index contributed by atoms with van der Waals surface area (Å²) < 4.78 is 0. The van der Waals surface area contributed by atoms with E-state index in [-0.39, 0.29) is 11.3 Å². The number of amides is 1. The van der Waals surface area contributed by atoms with E-state index in [1.807, 2.05) is 0 Å². The minimum absolute atomic E-state index is 0.0399. The zero-order chi connectivity index (χ0) is 10.0. The van der Waals surface area contributed by atoms with Crippen LogP contribution in [-0.2, 0) is 4.79 Å². The van der Waals surface area contributed by atoms with Crippen LogP contribution < -0.4 is 11.1 Å². The highest BCUT2D eigenvalue weighted by Crippen LogP contribution is 2.47. The molecule has 3 heteroatoms.